The molecule has 1 aliphatic heterocycles. The predicted octanol–water partition coefficient (Wildman–Crippen LogP) is 4.72. The van der Waals surface area contributed by atoms with E-state index in [2.05, 4.69) is 5.32 Å². The molecule has 2 amide bonds. The van der Waals surface area contributed by atoms with Crippen LogP contribution >= 0.6 is 11.8 Å². The lowest BCUT2D eigenvalue weighted by atomic mass is 10.1. The fraction of sp³-hybridized carbons (Fsp3) is 0.278. The van der Waals surface area contributed by atoms with Gasteiger partial charge in [0, 0.05) is 18.0 Å². The van der Waals surface area contributed by atoms with Gasteiger partial charge in [0.1, 0.15) is 11.2 Å². The molecule has 1 N–H and O–H groups in total. The second-order valence-corrected chi connectivity index (χ2v) is 6.90. The van der Waals surface area contributed by atoms with Crippen LogP contribution in [0.5, 0.6) is 0 Å². The maximum absolute atomic E-state index is 13.1. The zero-order valence-electron chi connectivity index (χ0n) is 13.2. The maximum Gasteiger partial charge on any atom is 0.323 e. The Morgan fingerprint density at radius 3 is 2.65 bits per heavy atom. The quantitative estimate of drug-likeness (QED) is 0.864. The molecule has 1 heterocycles. The van der Waals surface area contributed by atoms with Crippen molar-refractivity contribution in [3.63, 3.8) is 0 Å². The van der Waals surface area contributed by atoms with Crippen LogP contribution in [0.4, 0.5) is 14.9 Å². The Bertz CT molecular complexity index is 717. The molecule has 0 radical (unpaired) electrons. The predicted molar refractivity (Wildman–Crippen MR) is 93.2 cm³/mol. The molecular weight excluding hydrogens is 311 g/mol. The summed E-state index contributed by atoms with van der Waals surface area (Å²) in [6.07, 6.45) is 0. The number of benzene rings is 2. The van der Waals surface area contributed by atoms with Gasteiger partial charge in [0.25, 0.3) is 0 Å². The number of carbonyl (C=O) groups is 1. The van der Waals surface area contributed by atoms with Crippen LogP contribution in [0.2, 0.25) is 0 Å². The average Bonchev–Trinajstić information content (AvgIpc) is 3.00. The van der Waals surface area contributed by atoms with Gasteiger partial charge >= 0.3 is 6.03 Å². The summed E-state index contributed by atoms with van der Waals surface area (Å²) in [7, 11) is 0. The second kappa shape index (κ2) is 6.62. The number of halogens is 1. The van der Waals surface area contributed by atoms with Crippen molar-refractivity contribution in [2.24, 2.45) is 0 Å². The summed E-state index contributed by atoms with van der Waals surface area (Å²) in [5.41, 5.74) is 3.99. The molecular formula is C18H19FN2OS. The number of thioether (sulfide) groups is 1. The maximum atomic E-state index is 13.1. The molecule has 3 rings (SSSR count). The Balaban J connectivity index is 1.76. The van der Waals surface area contributed by atoms with Gasteiger partial charge in [-0.25, -0.2) is 9.18 Å². The van der Waals surface area contributed by atoms with Crippen molar-refractivity contribution in [3.8, 4) is 0 Å². The molecule has 1 unspecified atom stereocenters. The lowest BCUT2D eigenvalue weighted by Crippen LogP contribution is -2.34. The first-order chi connectivity index (χ1) is 11.0. The zero-order valence-corrected chi connectivity index (χ0v) is 14.0. The highest BCUT2D eigenvalue weighted by Crippen LogP contribution is 2.38. The van der Waals surface area contributed by atoms with Gasteiger partial charge in [0.15, 0.2) is 0 Å². The molecule has 5 heteroatoms. The summed E-state index contributed by atoms with van der Waals surface area (Å²) < 4.78 is 13.1. The van der Waals surface area contributed by atoms with Gasteiger partial charge in [0.05, 0.1) is 0 Å². The van der Waals surface area contributed by atoms with Crippen LogP contribution in [0.3, 0.4) is 0 Å². The van der Waals surface area contributed by atoms with Crippen molar-refractivity contribution in [1.82, 2.24) is 4.90 Å². The number of hydrogen-bond donors (Lipinski definition) is 1. The van der Waals surface area contributed by atoms with Crippen molar-refractivity contribution < 1.29 is 9.18 Å². The number of rotatable bonds is 2. The van der Waals surface area contributed by atoms with E-state index < -0.39 is 0 Å². The number of carbonyl (C=O) groups excluding carboxylic acids is 1. The van der Waals surface area contributed by atoms with Gasteiger partial charge in [-0.1, -0.05) is 29.8 Å². The molecule has 1 fully saturated rings. The number of nitrogens with zero attached hydrogens (tertiary/aromatic N) is 1. The van der Waals surface area contributed by atoms with E-state index in [4.69, 9.17) is 0 Å². The molecule has 2 aromatic carbocycles. The summed E-state index contributed by atoms with van der Waals surface area (Å²) in [6, 6.07) is 12.2. The van der Waals surface area contributed by atoms with Crippen LogP contribution in [-0.4, -0.2) is 23.2 Å². The van der Waals surface area contributed by atoms with E-state index in [0.29, 0.717) is 6.54 Å². The smallest absolute Gasteiger partial charge is 0.308 e. The Morgan fingerprint density at radius 1 is 1.22 bits per heavy atom. The van der Waals surface area contributed by atoms with Crippen LogP contribution < -0.4 is 5.32 Å². The normalized spacial score (nSPS) is 17.3. The highest BCUT2D eigenvalue weighted by atomic mass is 32.2. The Morgan fingerprint density at radius 2 is 1.96 bits per heavy atom. The Hall–Kier alpha value is -2.01. The molecule has 1 aliphatic rings. The SMILES string of the molecule is Cc1ccc(NC(=O)N2CCSC2c2ccc(F)cc2)c(C)c1. The summed E-state index contributed by atoms with van der Waals surface area (Å²) in [5.74, 6) is 0.616. The lowest BCUT2D eigenvalue weighted by molar-refractivity contribution is 0.214. The van der Waals surface area contributed by atoms with Gasteiger partial charge in [0.2, 0.25) is 0 Å². The lowest BCUT2D eigenvalue weighted by Gasteiger charge is -2.25. The number of anilines is 1. The molecule has 0 saturated carbocycles. The Kier molecular flexibility index (Phi) is 4.57. The van der Waals surface area contributed by atoms with Crippen molar-refractivity contribution in [3.05, 3.63) is 65.0 Å². The van der Waals surface area contributed by atoms with Crippen molar-refractivity contribution in [2.75, 3.05) is 17.6 Å². The van der Waals surface area contributed by atoms with Crippen molar-refractivity contribution in [2.45, 2.75) is 19.2 Å². The molecule has 3 nitrogen and oxygen atoms in total. The third kappa shape index (κ3) is 3.50. The van der Waals surface area contributed by atoms with Crippen LogP contribution in [0.15, 0.2) is 42.5 Å². The zero-order chi connectivity index (χ0) is 16.4. The molecule has 2 aromatic rings. The Labute approximate surface area is 139 Å². The number of aryl methyl sites for hydroxylation is 2. The topological polar surface area (TPSA) is 32.3 Å². The minimum atomic E-state index is -0.261. The highest BCUT2D eigenvalue weighted by molar-refractivity contribution is 7.99. The van der Waals surface area contributed by atoms with E-state index in [-0.39, 0.29) is 17.2 Å². The molecule has 0 aliphatic carbocycles. The number of nitrogens with one attached hydrogen (secondary N) is 1. The van der Waals surface area contributed by atoms with Crippen molar-refractivity contribution in [1.29, 1.82) is 0 Å². The minimum absolute atomic E-state index is 0.0682. The molecule has 1 saturated heterocycles. The first kappa shape index (κ1) is 15.9. The summed E-state index contributed by atoms with van der Waals surface area (Å²) in [5, 5.41) is 2.92. The first-order valence-corrected chi connectivity index (χ1v) is 8.61. The van der Waals surface area contributed by atoms with Gasteiger partial charge in [-0.3, -0.25) is 0 Å². The summed E-state index contributed by atoms with van der Waals surface area (Å²) >= 11 is 1.70. The van der Waals surface area contributed by atoms with Crippen LogP contribution in [0.25, 0.3) is 0 Å². The third-order valence-electron chi connectivity index (χ3n) is 3.93. The highest BCUT2D eigenvalue weighted by Gasteiger charge is 2.30. The number of amides is 2. The van der Waals surface area contributed by atoms with Crippen LogP contribution in [0.1, 0.15) is 22.1 Å². The van der Waals surface area contributed by atoms with Gasteiger partial charge < -0.3 is 10.2 Å². The van der Waals surface area contributed by atoms with E-state index in [1.807, 2.05) is 32.0 Å². The van der Waals surface area contributed by atoms with Crippen LogP contribution in [-0.2, 0) is 0 Å². The standard InChI is InChI=1S/C18H19FN2OS/c1-12-3-8-16(13(2)11-12)20-18(22)21-9-10-23-17(21)14-4-6-15(19)7-5-14/h3-8,11,17H,9-10H2,1-2H3,(H,20,22). The minimum Gasteiger partial charge on any atom is -0.308 e. The van der Waals surface area contributed by atoms with E-state index in [9.17, 15) is 9.18 Å². The molecule has 1 atom stereocenters. The van der Waals surface area contributed by atoms with E-state index in [0.717, 1.165) is 22.6 Å². The number of hydrogen-bond acceptors (Lipinski definition) is 2. The fourth-order valence-electron chi connectivity index (χ4n) is 2.72. The van der Waals surface area contributed by atoms with Gasteiger partial charge in [-0.05, 0) is 43.2 Å². The number of urea groups is 1. The van der Waals surface area contributed by atoms with Gasteiger partial charge in [-0.15, -0.1) is 11.8 Å². The first-order valence-electron chi connectivity index (χ1n) is 7.56. The largest absolute Gasteiger partial charge is 0.323 e. The summed E-state index contributed by atoms with van der Waals surface area (Å²) in [6.45, 7) is 4.70. The van der Waals surface area contributed by atoms with Gasteiger partial charge in [-0.2, -0.15) is 0 Å². The van der Waals surface area contributed by atoms with E-state index >= 15 is 0 Å². The van der Waals surface area contributed by atoms with Crippen molar-refractivity contribution >= 4 is 23.5 Å². The molecule has 0 bridgehead atoms. The average molecular weight is 330 g/mol. The van der Waals surface area contributed by atoms with Crippen LogP contribution in [0, 0.1) is 19.7 Å². The fourth-order valence-corrected chi connectivity index (χ4v) is 3.98. The molecule has 0 spiro atoms. The third-order valence-corrected chi connectivity index (χ3v) is 5.19. The second-order valence-electron chi connectivity index (χ2n) is 5.72. The molecule has 23 heavy (non-hydrogen) atoms. The molecule has 0 aromatic heterocycles. The monoisotopic (exact) mass is 330 g/mol. The summed E-state index contributed by atoms with van der Waals surface area (Å²) in [4.78, 5) is 14.4. The van der Waals surface area contributed by atoms with E-state index in [1.165, 1.54) is 17.7 Å². The molecule has 120 valence electrons. The van der Waals surface area contributed by atoms with E-state index in [1.54, 1.807) is 28.8 Å².